The molecule has 0 radical (unpaired) electrons. The van der Waals surface area contributed by atoms with Crippen LogP contribution >= 0.6 is 0 Å². The maximum Gasteiger partial charge on any atom is 0.312 e. The van der Waals surface area contributed by atoms with Crippen LogP contribution in [0.25, 0.3) is 0 Å². The second-order valence-corrected chi connectivity index (χ2v) is 34.4. The Kier molecular flexibility index (Phi) is 100. The van der Waals surface area contributed by atoms with Gasteiger partial charge in [0.1, 0.15) is 47.4 Å². The van der Waals surface area contributed by atoms with Crippen molar-refractivity contribution in [3.63, 3.8) is 0 Å². The first-order valence-electron chi connectivity index (χ1n) is 44.2. The minimum atomic E-state index is -0.400. The van der Waals surface area contributed by atoms with Crippen molar-refractivity contribution in [3.8, 4) is 23.0 Å². The van der Waals surface area contributed by atoms with Gasteiger partial charge in [0.25, 0.3) is 0 Å². The summed E-state index contributed by atoms with van der Waals surface area (Å²) in [7, 11) is 1.42. The van der Waals surface area contributed by atoms with Gasteiger partial charge in [0.15, 0.2) is 6.29 Å². The van der Waals surface area contributed by atoms with Crippen LogP contribution in [0.2, 0.25) is 0 Å². The number of esters is 5. The summed E-state index contributed by atoms with van der Waals surface area (Å²) in [5.74, 6) is 3.74. The first-order chi connectivity index (χ1) is 56.4. The van der Waals surface area contributed by atoms with E-state index >= 15 is 0 Å². The fourth-order valence-corrected chi connectivity index (χ4v) is 10.5. The number of hydrogen-bond acceptors (Lipinski definition) is 15. The van der Waals surface area contributed by atoms with Crippen LogP contribution < -0.4 is 4.74 Å². The zero-order chi connectivity index (χ0) is 91.4. The van der Waals surface area contributed by atoms with Gasteiger partial charge in [0, 0.05) is 6.61 Å². The van der Waals surface area contributed by atoms with E-state index in [1.165, 1.54) is 48.6 Å². The molecule has 15 nitrogen and oxygen atoms in total. The molecule has 0 heterocycles. The number of carbonyl (C=O) groups is 5. The van der Waals surface area contributed by atoms with Gasteiger partial charge >= 0.3 is 29.8 Å². The normalized spacial score (nSPS) is 12.4. The Hall–Kier alpha value is -8.95. The molecule has 15 heteroatoms. The quantitative estimate of drug-likeness (QED) is 0.0226. The molecule has 7 aromatic carbocycles. The molecule has 0 spiro atoms. The molecule has 0 amide bonds. The van der Waals surface area contributed by atoms with E-state index in [2.05, 4.69) is 72.3 Å². The van der Waals surface area contributed by atoms with E-state index in [1.54, 1.807) is 36.4 Å². The molecule has 8 atom stereocenters. The molecular weight excluding hydrogens is 1670 g/mol. The third kappa shape index (κ3) is 64.1. The monoisotopic (exact) mass is 1890 g/mol. The third-order valence-electron chi connectivity index (χ3n) is 22.8. The maximum atomic E-state index is 11.9. The second kappa shape index (κ2) is 84.5. The van der Waals surface area contributed by atoms with Crippen LogP contribution in [0.1, 0.15) is 469 Å². The van der Waals surface area contributed by atoms with Crippen molar-refractivity contribution < 1.29 is 72.5 Å². The van der Waals surface area contributed by atoms with Gasteiger partial charge in [-0.2, -0.15) is 0 Å². The lowest BCUT2D eigenvalue weighted by atomic mass is 9.90. The van der Waals surface area contributed by atoms with Gasteiger partial charge in [0.05, 0.1) is 34.2 Å². The summed E-state index contributed by atoms with van der Waals surface area (Å²) >= 11 is 0. The Morgan fingerprint density at radius 2 is 0.515 bits per heavy atom. The van der Waals surface area contributed by atoms with E-state index < -0.39 is 16.2 Å². The summed E-state index contributed by atoms with van der Waals surface area (Å²) < 4.78 is 37.4. The van der Waals surface area contributed by atoms with Gasteiger partial charge < -0.3 is 48.5 Å². The van der Waals surface area contributed by atoms with Crippen molar-refractivity contribution in [1.82, 2.24) is 0 Å². The molecule has 3 N–H and O–H groups in total. The average Bonchev–Trinajstić information content (AvgIpc) is 0.862. The van der Waals surface area contributed by atoms with Gasteiger partial charge in [-0.25, -0.2) is 0 Å². The number of ether oxygens (including phenoxy) is 7. The lowest BCUT2D eigenvalue weighted by Crippen LogP contribution is -2.31. The van der Waals surface area contributed by atoms with E-state index in [9.17, 15) is 24.0 Å². The summed E-state index contributed by atoms with van der Waals surface area (Å²) in [5, 5.41) is 27.0. The van der Waals surface area contributed by atoms with Crippen LogP contribution in [0.4, 0.5) is 0 Å². The van der Waals surface area contributed by atoms with Gasteiger partial charge in [-0.1, -0.05) is 340 Å². The lowest BCUT2D eigenvalue weighted by molar-refractivity contribution is -0.161. The zero-order valence-electron chi connectivity index (χ0n) is 79.4. The zero-order valence-corrected chi connectivity index (χ0v) is 79.4. The molecule has 1 aliphatic rings. The highest BCUT2D eigenvalue weighted by atomic mass is 16.7. The standard InChI is InChI=1S/3C14H20O2.C14H22O2.C12H22O2.3C10H14O.C7H14O2.14CH4/c3*1-5-14(3,4)13(15)16-11(2)12-9-7-6-8-10-12;1-5-11(3)13-7-9-14(10-8-13)16-12(4)15-6-2;1-4-12(2,3)11(13)14-10-8-6-5-7-9-10;3*1-3-8(2)9-4-6-10(11)7-5-9;1-5-7(2,3)6(8)9-4;;;;;;;;;;;;;;/h3*6-11H,5H2,1-4H3;7-12H,5-6H2,1-4H3;10H,4-9H2,1-3H3;3*4-8,11H,3H2,1-2H3;5H2,1-4H3;14*1H4. The minimum absolute atomic E-state index is 0. The van der Waals surface area contributed by atoms with Crippen LogP contribution in [-0.4, -0.2) is 71.3 Å². The first-order valence-corrected chi connectivity index (χ1v) is 44.2. The van der Waals surface area contributed by atoms with Crippen LogP contribution in [0, 0.1) is 27.1 Å². The number of rotatable bonds is 29. The molecule has 0 bridgehead atoms. The minimum Gasteiger partial charge on any atom is -0.508 e. The molecule has 0 aliphatic heterocycles. The number of carbonyl (C=O) groups excluding carboxylic acids is 5. The molecule has 8 unspecified atom stereocenters. The Bertz CT molecular complexity index is 3540. The summed E-state index contributed by atoms with van der Waals surface area (Å²) in [4.78, 5) is 58.2. The topological polar surface area (TPSA) is 211 Å². The molecular formula is C119H216O15. The van der Waals surface area contributed by atoms with E-state index in [-0.39, 0.29) is 175 Å². The summed E-state index contributed by atoms with van der Waals surface area (Å²) in [6.07, 6.45) is 13.9. The van der Waals surface area contributed by atoms with Crippen LogP contribution in [0.3, 0.4) is 0 Å². The van der Waals surface area contributed by atoms with Gasteiger partial charge in [-0.3, -0.25) is 24.0 Å². The van der Waals surface area contributed by atoms with Crippen molar-refractivity contribution in [2.75, 3.05) is 13.7 Å². The summed E-state index contributed by atoms with van der Waals surface area (Å²) in [6.45, 7) is 56.8. The smallest absolute Gasteiger partial charge is 0.312 e. The van der Waals surface area contributed by atoms with E-state index in [0.717, 1.165) is 93.1 Å². The summed E-state index contributed by atoms with van der Waals surface area (Å²) in [5.41, 5.74) is 6.52. The first kappa shape index (κ1) is 159. The highest BCUT2D eigenvalue weighted by Crippen LogP contribution is 2.33. The van der Waals surface area contributed by atoms with Crippen LogP contribution in [0.5, 0.6) is 23.0 Å². The molecule has 1 saturated carbocycles. The number of phenols is 3. The summed E-state index contributed by atoms with van der Waals surface area (Å²) in [6, 6.07) is 59.9. The fourth-order valence-electron chi connectivity index (χ4n) is 10.5. The predicted molar refractivity (Wildman–Crippen MR) is 590 cm³/mol. The molecule has 782 valence electrons. The Balaban J connectivity index is -0.0000000907. The molecule has 8 rings (SSSR count). The molecule has 7 aromatic rings. The largest absolute Gasteiger partial charge is 0.508 e. The molecule has 1 fully saturated rings. The van der Waals surface area contributed by atoms with Crippen LogP contribution in [-0.2, 0) is 52.4 Å². The number of hydrogen-bond donors (Lipinski definition) is 3. The number of aromatic hydroxyl groups is 3. The van der Waals surface area contributed by atoms with Crippen molar-refractivity contribution >= 4 is 29.8 Å². The van der Waals surface area contributed by atoms with Gasteiger partial charge in [0.2, 0.25) is 0 Å². The van der Waals surface area contributed by atoms with Gasteiger partial charge in [-0.15, -0.1) is 0 Å². The molecule has 0 aromatic heterocycles. The van der Waals surface area contributed by atoms with Crippen molar-refractivity contribution in [2.45, 2.75) is 442 Å². The van der Waals surface area contributed by atoms with Crippen molar-refractivity contribution in [1.29, 1.82) is 0 Å². The average molecular weight is 1890 g/mol. The maximum absolute atomic E-state index is 11.9. The molecule has 0 saturated heterocycles. The Labute approximate surface area is 830 Å². The second-order valence-electron chi connectivity index (χ2n) is 34.4. The fraction of sp³-hybridized carbons (Fsp3) is 0.605. The highest BCUT2D eigenvalue weighted by Gasteiger charge is 2.33. The number of benzene rings is 7. The Morgan fingerprint density at radius 3 is 0.716 bits per heavy atom. The predicted octanol–water partition coefficient (Wildman–Crippen LogP) is 37.7. The number of methoxy groups -OCH3 is 1. The van der Waals surface area contributed by atoms with Crippen molar-refractivity contribution in [3.05, 3.63) is 227 Å². The molecule has 1 aliphatic carbocycles. The van der Waals surface area contributed by atoms with Crippen molar-refractivity contribution in [2.24, 2.45) is 27.1 Å². The lowest BCUT2D eigenvalue weighted by Gasteiger charge is -2.27. The van der Waals surface area contributed by atoms with E-state index in [0.29, 0.717) is 47.5 Å². The van der Waals surface area contributed by atoms with E-state index in [1.807, 2.05) is 278 Å². The third-order valence-corrected chi connectivity index (χ3v) is 22.8. The molecule has 134 heavy (non-hydrogen) atoms. The van der Waals surface area contributed by atoms with Crippen LogP contribution in [0.15, 0.2) is 188 Å². The Morgan fingerprint density at radius 1 is 0.299 bits per heavy atom. The van der Waals surface area contributed by atoms with E-state index in [4.69, 9.17) is 43.7 Å². The number of phenolic OH excluding ortho intramolecular Hbond substituents is 3. The highest BCUT2D eigenvalue weighted by molar-refractivity contribution is 5.78. The van der Waals surface area contributed by atoms with Gasteiger partial charge in [-0.05, 0) is 298 Å². The SMILES string of the molecule is C.C.C.C.C.C.C.C.C.C.C.C.C.C.CCC(C)(C)C(=O)OC.CCC(C)(C)C(=O)OC(C)c1ccccc1.CCC(C)(C)C(=O)OC(C)c1ccccc1.CCC(C)(C)C(=O)OC(C)c1ccccc1.CCC(C)(C)C(=O)OC1CCCCC1.CCC(C)c1ccc(O)cc1.CCC(C)c1ccc(O)cc1.CCC(C)c1ccc(O)cc1.CCOC(C)Oc1ccc(C(C)CC)cc1.